The second kappa shape index (κ2) is 7.78. The normalized spacial score (nSPS) is 14.8. The number of ketones is 1. The van der Waals surface area contributed by atoms with Crippen molar-refractivity contribution in [2.75, 3.05) is 31.1 Å². The number of aryl methyl sites for hydroxylation is 2. The van der Waals surface area contributed by atoms with Crippen molar-refractivity contribution in [2.24, 2.45) is 7.05 Å². The van der Waals surface area contributed by atoms with Gasteiger partial charge in [-0.1, -0.05) is 0 Å². The summed E-state index contributed by atoms with van der Waals surface area (Å²) in [6.07, 6.45) is 3.52. The topological polar surface area (TPSA) is 58.4 Å². The fraction of sp³-hybridized carbons (Fsp3) is 0.381. The third kappa shape index (κ3) is 4.10. The summed E-state index contributed by atoms with van der Waals surface area (Å²) in [5, 5.41) is 4.37. The Morgan fingerprint density at radius 1 is 1.04 bits per heavy atom. The van der Waals surface area contributed by atoms with Crippen molar-refractivity contribution in [3.63, 3.8) is 0 Å². The van der Waals surface area contributed by atoms with Gasteiger partial charge in [-0.05, 0) is 51.1 Å². The molecule has 2 aromatic rings. The molecule has 1 aromatic heterocycles. The monoisotopic (exact) mass is 366 g/mol. The number of hydrogen-bond acceptors (Lipinski definition) is 4. The molecule has 1 aliphatic heterocycles. The smallest absolute Gasteiger partial charge is 0.246 e. The van der Waals surface area contributed by atoms with E-state index in [0.717, 1.165) is 41.3 Å². The van der Waals surface area contributed by atoms with E-state index in [1.54, 1.807) is 13.0 Å². The molecule has 1 aliphatic rings. The number of carbonyl (C=O) groups excluding carboxylic acids is 2. The Hall–Kier alpha value is -2.89. The lowest BCUT2D eigenvalue weighted by Crippen LogP contribution is -2.48. The standard InChI is InChI=1S/C21H26N4O2/c1-15-20(16(2)23(4)22-15)9-10-21(27)25-13-11-24(12-14-25)19-7-5-18(6-8-19)17(3)26/h5-10H,11-14H2,1-4H3. The van der Waals surface area contributed by atoms with Gasteiger partial charge in [-0.25, -0.2) is 0 Å². The fourth-order valence-electron chi connectivity index (χ4n) is 3.38. The minimum Gasteiger partial charge on any atom is -0.368 e. The molecule has 0 spiro atoms. The van der Waals surface area contributed by atoms with Gasteiger partial charge >= 0.3 is 0 Å². The molecule has 0 radical (unpaired) electrons. The lowest BCUT2D eigenvalue weighted by molar-refractivity contribution is -0.126. The molecule has 0 unspecified atom stereocenters. The van der Waals surface area contributed by atoms with Crippen LogP contribution in [-0.2, 0) is 11.8 Å². The van der Waals surface area contributed by atoms with Crippen LogP contribution in [0.3, 0.4) is 0 Å². The summed E-state index contributed by atoms with van der Waals surface area (Å²) in [5.74, 6) is 0.104. The van der Waals surface area contributed by atoms with Gasteiger partial charge in [-0.3, -0.25) is 14.3 Å². The van der Waals surface area contributed by atoms with Gasteiger partial charge in [-0.15, -0.1) is 0 Å². The first-order valence-electron chi connectivity index (χ1n) is 9.20. The Bertz CT molecular complexity index is 872. The van der Waals surface area contributed by atoms with Gasteiger partial charge in [0, 0.05) is 61.8 Å². The van der Waals surface area contributed by atoms with Crippen molar-refractivity contribution < 1.29 is 9.59 Å². The zero-order valence-electron chi connectivity index (χ0n) is 16.4. The summed E-state index contributed by atoms with van der Waals surface area (Å²) >= 11 is 0. The Morgan fingerprint density at radius 3 is 2.19 bits per heavy atom. The maximum Gasteiger partial charge on any atom is 0.246 e. The summed E-state index contributed by atoms with van der Waals surface area (Å²) in [7, 11) is 1.91. The first kappa shape index (κ1) is 18.9. The molecule has 2 heterocycles. The highest BCUT2D eigenvalue weighted by Gasteiger charge is 2.20. The predicted octanol–water partition coefficient (Wildman–Crippen LogP) is 2.60. The van der Waals surface area contributed by atoms with E-state index in [1.807, 2.05) is 60.8 Å². The van der Waals surface area contributed by atoms with E-state index < -0.39 is 0 Å². The zero-order valence-corrected chi connectivity index (χ0v) is 16.4. The molecule has 6 nitrogen and oxygen atoms in total. The molecule has 6 heteroatoms. The highest BCUT2D eigenvalue weighted by Crippen LogP contribution is 2.18. The quantitative estimate of drug-likeness (QED) is 0.616. The molecule has 0 aliphatic carbocycles. The van der Waals surface area contributed by atoms with Crippen LogP contribution in [0.25, 0.3) is 6.08 Å². The van der Waals surface area contributed by atoms with Gasteiger partial charge in [0.25, 0.3) is 0 Å². The second-order valence-electron chi connectivity index (χ2n) is 6.96. The minimum atomic E-state index is 0.0317. The van der Waals surface area contributed by atoms with Crippen LogP contribution in [0.1, 0.15) is 34.2 Å². The molecule has 27 heavy (non-hydrogen) atoms. The minimum absolute atomic E-state index is 0.0317. The number of piperazine rings is 1. The molecule has 0 saturated carbocycles. The Labute approximate surface area is 160 Å². The van der Waals surface area contributed by atoms with Crippen LogP contribution >= 0.6 is 0 Å². The molecular formula is C21H26N4O2. The largest absolute Gasteiger partial charge is 0.368 e. The van der Waals surface area contributed by atoms with E-state index in [0.29, 0.717) is 13.1 Å². The van der Waals surface area contributed by atoms with Gasteiger partial charge in [0.2, 0.25) is 5.91 Å². The van der Waals surface area contributed by atoms with E-state index in [2.05, 4.69) is 10.00 Å². The van der Waals surface area contributed by atoms with Crippen molar-refractivity contribution in [2.45, 2.75) is 20.8 Å². The van der Waals surface area contributed by atoms with Gasteiger partial charge in [0.15, 0.2) is 5.78 Å². The van der Waals surface area contributed by atoms with Gasteiger partial charge < -0.3 is 9.80 Å². The van der Waals surface area contributed by atoms with Crippen LogP contribution in [0.4, 0.5) is 5.69 Å². The van der Waals surface area contributed by atoms with E-state index in [4.69, 9.17) is 0 Å². The molecule has 1 saturated heterocycles. The number of rotatable bonds is 4. The molecule has 1 aromatic carbocycles. The molecule has 0 atom stereocenters. The number of anilines is 1. The van der Waals surface area contributed by atoms with Crippen molar-refractivity contribution in [3.05, 3.63) is 52.9 Å². The fourth-order valence-corrected chi connectivity index (χ4v) is 3.38. The number of amides is 1. The Morgan fingerprint density at radius 2 is 1.67 bits per heavy atom. The molecule has 1 fully saturated rings. The van der Waals surface area contributed by atoms with Crippen LogP contribution < -0.4 is 4.90 Å². The van der Waals surface area contributed by atoms with Crippen LogP contribution in [0.2, 0.25) is 0 Å². The number of aromatic nitrogens is 2. The molecular weight excluding hydrogens is 340 g/mol. The summed E-state index contributed by atoms with van der Waals surface area (Å²) in [6.45, 7) is 8.45. The third-order valence-corrected chi connectivity index (χ3v) is 5.19. The lowest BCUT2D eigenvalue weighted by atomic mass is 10.1. The Balaban J connectivity index is 1.59. The maximum atomic E-state index is 12.5. The maximum absolute atomic E-state index is 12.5. The summed E-state index contributed by atoms with van der Waals surface area (Å²) in [6, 6.07) is 7.66. The first-order valence-corrected chi connectivity index (χ1v) is 9.20. The van der Waals surface area contributed by atoms with Gasteiger partial charge in [0.1, 0.15) is 0 Å². The van der Waals surface area contributed by atoms with E-state index >= 15 is 0 Å². The number of hydrogen-bond donors (Lipinski definition) is 0. The number of Topliss-reactive ketones (excluding diaryl/α,β-unsaturated/α-hetero) is 1. The number of carbonyl (C=O) groups is 2. The molecule has 1 amide bonds. The Kier molecular flexibility index (Phi) is 5.44. The zero-order chi connectivity index (χ0) is 19.6. The van der Waals surface area contributed by atoms with Gasteiger partial charge in [0.05, 0.1) is 5.69 Å². The second-order valence-corrected chi connectivity index (χ2v) is 6.96. The van der Waals surface area contributed by atoms with E-state index in [-0.39, 0.29) is 11.7 Å². The molecule has 0 N–H and O–H groups in total. The van der Waals surface area contributed by atoms with Crippen molar-refractivity contribution >= 4 is 23.5 Å². The van der Waals surface area contributed by atoms with Crippen LogP contribution in [0.15, 0.2) is 30.3 Å². The first-order chi connectivity index (χ1) is 12.9. The van der Waals surface area contributed by atoms with Crippen molar-refractivity contribution in [1.82, 2.24) is 14.7 Å². The predicted molar refractivity (Wildman–Crippen MR) is 107 cm³/mol. The molecule has 3 rings (SSSR count). The average molecular weight is 366 g/mol. The summed E-state index contributed by atoms with van der Waals surface area (Å²) in [5.41, 5.74) is 4.80. The molecule has 142 valence electrons. The average Bonchev–Trinajstić information content (AvgIpc) is 2.91. The van der Waals surface area contributed by atoms with Crippen molar-refractivity contribution in [1.29, 1.82) is 0 Å². The number of nitrogens with zero attached hydrogens (tertiary/aromatic N) is 4. The lowest BCUT2D eigenvalue weighted by Gasteiger charge is -2.35. The van der Waals surface area contributed by atoms with E-state index in [1.165, 1.54) is 0 Å². The third-order valence-electron chi connectivity index (χ3n) is 5.19. The highest BCUT2D eigenvalue weighted by atomic mass is 16.2. The highest BCUT2D eigenvalue weighted by molar-refractivity contribution is 5.94. The van der Waals surface area contributed by atoms with Crippen LogP contribution in [-0.4, -0.2) is 52.5 Å². The number of benzene rings is 1. The van der Waals surface area contributed by atoms with Crippen LogP contribution in [0, 0.1) is 13.8 Å². The SMILES string of the molecule is CC(=O)c1ccc(N2CCN(C(=O)C=Cc3c(C)nn(C)c3C)CC2)cc1. The van der Waals surface area contributed by atoms with E-state index in [9.17, 15) is 9.59 Å². The summed E-state index contributed by atoms with van der Waals surface area (Å²) in [4.78, 5) is 28.0. The van der Waals surface area contributed by atoms with Gasteiger partial charge in [-0.2, -0.15) is 5.10 Å². The van der Waals surface area contributed by atoms with Crippen molar-refractivity contribution in [3.8, 4) is 0 Å². The van der Waals surface area contributed by atoms with Crippen LogP contribution in [0.5, 0.6) is 0 Å². The summed E-state index contributed by atoms with van der Waals surface area (Å²) < 4.78 is 1.83. The molecule has 0 bridgehead atoms.